The number of hydrogen-bond acceptors (Lipinski definition) is 2. The molecule has 0 atom stereocenters. The molecule has 0 heterocycles. The quantitative estimate of drug-likeness (QED) is 0.232. The van der Waals surface area contributed by atoms with Gasteiger partial charge in [-0.25, -0.2) is 4.79 Å². The molecule has 0 saturated carbocycles. The van der Waals surface area contributed by atoms with Gasteiger partial charge in [-0.2, -0.15) is 0 Å². The van der Waals surface area contributed by atoms with Crippen LogP contribution >= 0.6 is 0 Å². The molecule has 0 amide bonds. The predicted molar refractivity (Wildman–Crippen MR) is 116 cm³/mol. The summed E-state index contributed by atoms with van der Waals surface area (Å²) in [6.07, 6.45) is 34.0. The Morgan fingerprint density at radius 2 is 1.11 bits per heavy atom. The third kappa shape index (κ3) is 23.9. The fraction of sp³-hybridized carbons (Fsp3) is 0.458. The minimum Gasteiger partial charge on any atom is -0.480 e. The monoisotopic (exact) mass is 372 g/mol. The maximum Gasteiger partial charge on any atom is 0.329 e. The lowest BCUT2D eigenvalue weighted by Crippen LogP contribution is -2.07. The molecule has 1 N–H and O–H groups in total. The Morgan fingerprint density at radius 1 is 0.704 bits per heavy atom. The maximum atomic E-state index is 10.2. The van der Waals surface area contributed by atoms with Gasteiger partial charge in [0.25, 0.3) is 0 Å². The standard InChI is InChI=1S/C24H36O3/c1-2-3-4-5-6-7-8-9-10-11-12-13-14-15-16-17-18-19-20-21-22-27-23-24(25)26/h3-4,6-7,9-10,12-13,15-16,18-19H,2,5,8,11,14,17,20-23H2,1H3,(H,25,26)/b4-3-,7-6-,10-9-,13-12-,16-15-,19-18-. The highest BCUT2D eigenvalue weighted by Gasteiger charge is 1.94. The van der Waals surface area contributed by atoms with Gasteiger partial charge in [0.2, 0.25) is 0 Å². The topological polar surface area (TPSA) is 46.5 Å². The number of hydrogen-bond donors (Lipinski definition) is 1. The summed E-state index contributed by atoms with van der Waals surface area (Å²) in [7, 11) is 0. The molecule has 0 aliphatic carbocycles. The van der Waals surface area contributed by atoms with Gasteiger partial charge in [-0.1, -0.05) is 79.8 Å². The molecular weight excluding hydrogens is 336 g/mol. The highest BCUT2D eigenvalue weighted by molar-refractivity contribution is 5.67. The molecule has 0 saturated heterocycles. The maximum absolute atomic E-state index is 10.2. The molecule has 0 rings (SSSR count). The number of carbonyl (C=O) groups is 1. The van der Waals surface area contributed by atoms with Crippen LogP contribution in [0.25, 0.3) is 0 Å². The summed E-state index contributed by atoms with van der Waals surface area (Å²) in [6, 6.07) is 0. The van der Waals surface area contributed by atoms with E-state index in [4.69, 9.17) is 9.84 Å². The van der Waals surface area contributed by atoms with Gasteiger partial charge in [0.05, 0.1) is 0 Å². The summed E-state index contributed by atoms with van der Waals surface area (Å²) in [5, 5.41) is 8.42. The summed E-state index contributed by atoms with van der Waals surface area (Å²) in [5.41, 5.74) is 0. The van der Waals surface area contributed by atoms with E-state index in [1.54, 1.807) is 0 Å². The summed E-state index contributed by atoms with van der Waals surface area (Å²) < 4.78 is 4.97. The number of ether oxygens (including phenoxy) is 1. The van der Waals surface area contributed by atoms with Crippen LogP contribution in [0.15, 0.2) is 72.9 Å². The van der Waals surface area contributed by atoms with Crippen molar-refractivity contribution >= 4 is 5.97 Å². The first-order valence-electron chi connectivity index (χ1n) is 9.96. The number of rotatable bonds is 17. The second-order valence-corrected chi connectivity index (χ2v) is 6.00. The average molecular weight is 373 g/mol. The third-order valence-electron chi connectivity index (χ3n) is 3.48. The van der Waals surface area contributed by atoms with Gasteiger partial charge in [-0.3, -0.25) is 0 Å². The first kappa shape index (κ1) is 24.9. The van der Waals surface area contributed by atoms with E-state index < -0.39 is 5.97 Å². The molecule has 0 aliphatic heterocycles. The van der Waals surface area contributed by atoms with Crippen LogP contribution in [-0.2, 0) is 9.53 Å². The molecule has 0 fully saturated rings. The van der Waals surface area contributed by atoms with E-state index in [-0.39, 0.29) is 6.61 Å². The Balaban J connectivity index is 3.47. The lowest BCUT2D eigenvalue weighted by atomic mass is 10.2. The van der Waals surface area contributed by atoms with Crippen LogP contribution in [0.4, 0.5) is 0 Å². The normalized spacial score (nSPS) is 12.9. The zero-order chi connectivity index (χ0) is 19.8. The molecule has 3 nitrogen and oxygen atoms in total. The van der Waals surface area contributed by atoms with Crippen LogP contribution in [0.1, 0.15) is 58.3 Å². The smallest absolute Gasteiger partial charge is 0.329 e. The first-order valence-corrected chi connectivity index (χ1v) is 9.96. The predicted octanol–water partition coefficient (Wildman–Crippen LogP) is 6.57. The SMILES string of the molecule is CC/C=C\C/C=C\C/C=C\C/C=C\C/C=C\C/C=C\CCCOCC(=O)O. The Morgan fingerprint density at radius 3 is 1.52 bits per heavy atom. The summed E-state index contributed by atoms with van der Waals surface area (Å²) in [5.74, 6) is -0.913. The van der Waals surface area contributed by atoms with Gasteiger partial charge in [0.15, 0.2) is 0 Å². The molecule has 150 valence electrons. The molecule has 27 heavy (non-hydrogen) atoms. The minimum absolute atomic E-state index is 0.205. The Bertz CT molecular complexity index is 508. The Labute approximate surface area is 165 Å². The fourth-order valence-corrected chi connectivity index (χ4v) is 2.10. The second-order valence-electron chi connectivity index (χ2n) is 6.00. The molecule has 0 aromatic heterocycles. The zero-order valence-electron chi connectivity index (χ0n) is 16.8. The average Bonchev–Trinajstić information content (AvgIpc) is 2.65. The number of aliphatic carboxylic acids is 1. The summed E-state index contributed by atoms with van der Waals surface area (Å²) in [4.78, 5) is 10.2. The van der Waals surface area contributed by atoms with Crippen molar-refractivity contribution in [2.45, 2.75) is 58.3 Å². The van der Waals surface area contributed by atoms with Crippen molar-refractivity contribution < 1.29 is 14.6 Å². The first-order chi connectivity index (χ1) is 13.3. The van der Waals surface area contributed by atoms with Gasteiger partial charge < -0.3 is 9.84 Å². The van der Waals surface area contributed by atoms with E-state index in [1.165, 1.54) is 0 Å². The van der Waals surface area contributed by atoms with Crippen molar-refractivity contribution in [1.82, 2.24) is 0 Å². The van der Waals surface area contributed by atoms with Gasteiger partial charge in [-0.05, 0) is 51.4 Å². The second kappa shape index (κ2) is 21.9. The van der Waals surface area contributed by atoms with Gasteiger partial charge in [0, 0.05) is 6.61 Å². The summed E-state index contributed by atoms with van der Waals surface area (Å²) >= 11 is 0. The van der Waals surface area contributed by atoms with Gasteiger partial charge >= 0.3 is 5.97 Å². The van der Waals surface area contributed by atoms with Crippen molar-refractivity contribution in [3.8, 4) is 0 Å². The van der Waals surface area contributed by atoms with Crippen LogP contribution in [0.3, 0.4) is 0 Å². The molecule has 0 aliphatic rings. The van der Waals surface area contributed by atoms with Crippen LogP contribution in [-0.4, -0.2) is 24.3 Å². The van der Waals surface area contributed by atoms with Crippen molar-refractivity contribution in [3.63, 3.8) is 0 Å². The zero-order valence-corrected chi connectivity index (χ0v) is 16.8. The van der Waals surface area contributed by atoms with E-state index in [2.05, 4.69) is 79.8 Å². The Hall–Kier alpha value is -2.13. The van der Waals surface area contributed by atoms with Crippen LogP contribution in [0.2, 0.25) is 0 Å². The molecule has 0 bridgehead atoms. The molecule has 0 aromatic carbocycles. The van der Waals surface area contributed by atoms with Crippen LogP contribution < -0.4 is 0 Å². The highest BCUT2D eigenvalue weighted by Crippen LogP contribution is 1.98. The molecule has 0 radical (unpaired) electrons. The molecule has 0 spiro atoms. The minimum atomic E-state index is -0.913. The van der Waals surface area contributed by atoms with E-state index in [9.17, 15) is 4.79 Å². The Kier molecular flexibility index (Phi) is 20.2. The summed E-state index contributed by atoms with van der Waals surface area (Å²) in [6.45, 7) is 2.44. The van der Waals surface area contributed by atoms with E-state index in [1.807, 2.05) is 0 Å². The van der Waals surface area contributed by atoms with E-state index in [0.717, 1.165) is 51.4 Å². The fourth-order valence-electron chi connectivity index (χ4n) is 2.10. The van der Waals surface area contributed by atoms with E-state index >= 15 is 0 Å². The molecular formula is C24H36O3. The number of allylic oxidation sites excluding steroid dienone is 12. The van der Waals surface area contributed by atoms with Gasteiger partial charge in [0.1, 0.15) is 6.61 Å². The molecule has 0 unspecified atom stereocenters. The van der Waals surface area contributed by atoms with Crippen molar-refractivity contribution in [1.29, 1.82) is 0 Å². The highest BCUT2D eigenvalue weighted by atomic mass is 16.5. The van der Waals surface area contributed by atoms with E-state index in [0.29, 0.717) is 6.61 Å². The number of unbranched alkanes of at least 4 members (excludes halogenated alkanes) is 1. The van der Waals surface area contributed by atoms with Crippen LogP contribution in [0, 0.1) is 0 Å². The third-order valence-corrected chi connectivity index (χ3v) is 3.48. The molecule has 0 aromatic rings. The number of carboxylic acid groups (broad SMARTS) is 1. The van der Waals surface area contributed by atoms with Crippen molar-refractivity contribution in [2.75, 3.05) is 13.2 Å². The van der Waals surface area contributed by atoms with Crippen molar-refractivity contribution in [2.24, 2.45) is 0 Å². The lowest BCUT2D eigenvalue weighted by molar-refractivity contribution is -0.142. The number of carboxylic acids is 1. The van der Waals surface area contributed by atoms with Crippen molar-refractivity contribution in [3.05, 3.63) is 72.9 Å². The lowest BCUT2D eigenvalue weighted by Gasteiger charge is -1.97. The van der Waals surface area contributed by atoms with Crippen LogP contribution in [0.5, 0.6) is 0 Å². The largest absolute Gasteiger partial charge is 0.480 e. The molecule has 3 heteroatoms. The van der Waals surface area contributed by atoms with Gasteiger partial charge in [-0.15, -0.1) is 0 Å².